The number of hydrogen-bond donors (Lipinski definition) is 3. The Morgan fingerprint density at radius 3 is 2.33 bits per heavy atom. The molecule has 8 nitrogen and oxygen atoms in total. The summed E-state index contributed by atoms with van der Waals surface area (Å²) < 4.78 is 5.42. The van der Waals surface area contributed by atoms with Crippen LogP contribution >= 0.6 is 0 Å². The second-order valence-corrected chi connectivity index (χ2v) is 8.59. The van der Waals surface area contributed by atoms with E-state index in [4.69, 9.17) is 14.8 Å². The van der Waals surface area contributed by atoms with Crippen LogP contribution in [0.2, 0.25) is 0 Å². The predicted molar refractivity (Wildman–Crippen MR) is 139 cm³/mol. The number of morpholine rings is 1. The van der Waals surface area contributed by atoms with Gasteiger partial charge in [0.05, 0.1) is 30.2 Å². The van der Waals surface area contributed by atoms with Crippen LogP contribution in [-0.4, -0.2) is 53.3 Å². The number of aromatic carboxylic acids is 1. The second-order valence-electron chi connectivity index (χ2n) is 8.59. The van der Waals surface area contributed by atoms with Gasteiger partial charge in [0.1, 0.15) is 0 Å². The fourth-order valence-corrected chi connectivity index (χ4v) is 4.31. The number of nitrogens with one attached hydrogen (secondary N) is 2. The minimum Gasteiger partial charge on any atom is -0.478 e. The first-order valence-electron chi connectivity index (χ1n) is 11.8. The van der Waals surface area contributed by atoms with Crippen LogP contribution in [0.3, 0.4) is 0 Å². The number of aromatic nitrogens is 1. The number of carbonyl (C=O) groups excluding carboxylic acids is 1. The summed E-state index contributed by atoms with van der Waals surface area (Å²) in [5.41, 5.74) is 4.40. The van der Waals surface area contributed by atoms with Crippen LogP contribution in [0.25, 0.3) is 21.9 Å². The molecule has 2 heterocycles. The average Bonchev–Trinajstić information content (AvgIpc) is 2.90. The molecule has 0 aliphatic carbocycles. The smallest absolute Gasteiger partial charge is 0.335 e. The van der Waals surface area contributed by atoms with Gasteiger partial charge in [0.25, 0.3) is 0 Å². The summed E-state index contributed by atoms with van der Waals surface area (Å²) in [5.74, 6) is -1.01. The molecule has 1 fully saturated rings. The molecule has 1 aliphatic rings. The first-order chi connectivity index (χ1) is 17.6. The molecule has 1 aromatic heterocycles. The summed E-state index contributed by atoms with van der Waals surface area (Å²) in [6.45, 7) is 4.17. The number of amides is 2. The molecular weight excluding hydrogens is 456 g/mol. The Bertz CT molecular complexity index is 1380. The maximum atomic E-state index is 12.6. The normalized spacial score (nSPS) is 13.9. The monoisotopic (exact) mass is 482 g/mol. The zero-order valence-corrected chi connectivity index (χ0v) is 19.6. The van der Waals surface area contributed by atoms with Crippen molar-refractivity contribution in [3.63, 3.8) is 0 Å². The van der Waals surface area contributed by atoms with Gasteiger partial charge in [-0.3, -0.25) is 9.88 Å². The summed E-state index contributed by atoms with van der Waals surface area (Å²) in [7, 11) is 0. The quantitative estimate of drug-likeness (QED) is 0.354. The van der Waals surface area contributed by atoms with Crippen LogP contribution in [0.15, 0.2) is 79.0 Å². The molecule has 1 saturated heterocycles. The van der Waals surface area contributed by atoms with E-state index in [1.807, 2.05) is 42.6 Å². The van der Waals surface area contributed by atoms with Gasteiger partial charge in [-0.05, 0) is 47.3 Å². The Kier molecular flexibility index (Phi) is 6.88. The highest BCUT2D eigenvalue weighted by molar-refractivity contribution is 6.09. The van der Waals surface area contributed by atoms with E-state index in [-0.39, 0.29) is 5.56 Å². The van der Waals surface area contributed by atoms with Crippen molar-refractivity contribution in [2.45, 2.75) is 6.54 Å². The van der Waals surface area contributed by atoms with Gasteiger partial charge >= 0.3 is 12.0 Å². The molecule has 3 N–H and O–H groups in total. The van der Waals surface area contributed by atoms with Crippen LogP contribution < -0.4 is 10.6 Å². The molecule has 3 aromatic carbocycles. The van der Waals surface area contributed by atoms with E-state index >= 15 is 0 Å². The third kappa shape index (κ3) is 5.35. The maximum absolute atomic E-state index is 12.6. The topological polar surface area (TPSA) is 104 Å². The summed E-state index contributed by atoms with van der Waals surface area (Å²) in [6.07, 6.45) is 1.90. The van der Waals surface area contributed by atoms with E-state index in [2.05, 4.69) is 27.7 Å². The van der Waals surface area contributed by atoms with Gasteiger partial charge in [-0.1, -0.05) is 36.4 Å². The molecule has 0 spiro atoms. The summed E-state index contributed by atoms with van der Waals surface area (Å²) >= 11 is 0. The molecular formula is C28H26N4O4. The lowest BCUT2D eigenvalue weighted by Gasteiger charge is -2.26. The van der Waals surface area contributed by atoms with E-state index in [1.165, 1.54) is 12.1 Å². The van der Waals surface area contributed by atoms with Crippen LogP contribution in [0, 0.1) is 0 Å². The van der Waals surface area contributed by atoms with Gasteiger partial charge in [-0.2, -0.15) is 0 Å². The number of fused-ring (bicyclic) bond motifs is 1. The summed E-state index contributed by atoms with van der Waals surface area (Å²) in [4.78, 5) is 30.7. The highest BCUT2D eigenvalue weighted by Crippen LogP contribution is 2.33. The third-order valence-electron chi connectivity index (χ3n) is 6.19. The number of carboxylic acids is 1. The standard InChI is InChI=1S/C28H26N4O4/c33-27(34)19-5-8-21(9-6-19)30-28(35)31-26-12-11-23(24-3-1-2-4-25(24)26)20-7-10-22(29-17-20)18-32-13-15-36-16-14-32/h1-12,17H,13-16,18H2,(H,33,34)(H2,30,31,35). The minimum atomic E-state index is -1.01. The van der Waals surface area contributed by atoms with Crippen LogP contribution in [-0.2, 0) is 11.3 Å². The van der Waals surface area contributed by atoms with Crippen LogP contribution in [0.1, 0.15) is 16.1 Å². The van der Waals surface area contributed by atoms with Gasteiger partial charge in [-0.25, -0.2) is 9.59 Å². The van der Waals surface area contributed by atoms with Gasteiger partial charge < -0.3 is 20.5 Å². The molecule has 0 atom stereocenters. The van der Waals surface area contributed by atoms with Crippen molar-refractivity contribution in [1.29, 1.82) is 0 Å². The number of benzene rings is 3. The first-order valence-corrected chi connectivity index (χ1v) is 11.8. The Labute approximate surface area is 208 Å². The molecule has 2 amide bonds. The summed E-state index contributed by atoms with van der Waals surface area (Å²) in [6, 6.07) is 21.5. The Hall–Kier alpha value is -4.27. The Morgan fingerprint density at radius 1 is 0.889 bits per heavy atom. The highest BCUT2D eigenvalue weighted by atomic mass is 16.5. The highest BCUT2D eigenvalue weighted by Gasteiger charge is 2.13. The molecule has 4 aromatic rings. The molecule has 1 aliphatic heterocycles. The van der Waals surface area contributed by atoms with Crippen molar-refractivity contribution in [1.82, 2.24) is 9.88 Å². The van der Waals surface area contributed by atoms with Crippen molar-refractivity contribution in [3.8, 4) is 11.1 Å². The first kappa shape index (κ1) is 23.5. The number of nitrogens with zero attached hydrogens (tertiary/aromatic N) is 2. The molecule has 0 saturated carbocycles. The molecule has 5 rings (SSSR count). The number of anilines is 2. The van der Waals surface area contributed by atoms with Crippen molar-refractivity contribution < 1.29 is 19.4 Å². The van der Waals surface area contributed by atoms with Gasteiger partial charge in [0.15, 0.2) is 0 Å². The van der Waals surface area contributed by atoms with Gasteiger partial charge in [0.2, 0.25) is 0 Å². The van der Waals surface area contributed by atoms with Gasteiger partial charge in [0, 0.05) is 42.5 Å². The average molecular weight is 483 g/mol. The number of rotatable bonds is 6. The van der Waals surface area contributed by atoms with E-state index in [1.54, 1.807) is 12.1 Å². The SMILES string of the molecule is O=C(Nc1ccc(C(=O)O)cc1)Nc1ccc(-c2ccc(CN3CCOCC3)nc2)c2ccccc12. The zero-order valence-electron chi connectivity index (χ0n) is 19.6. The second kappa shape index (κ2) is 10.6. The molecule has 0 unspecified atom stereocenters. The molecule has 8 heteroatoms. The molecule has 0 bridgehead atoms. The van der Waals surface area contributed by atoms with E-state index in [0.29, 0.717) is 11.4 Å². The lowest BCUT2D eigenvalue weighted by molar-refractivity contribution is 0.0336. The Morgan fingerprint density at radius 2 is 1.64 bits per heavy atom. The van der Waals surface area contributed by atoms with E-state index < -0.39 is 12.0 Å². The van der Waals surface area contributed by atoms with E-state index in [9.17, 15) is 9.59 Å². The largest absolute Gasteiger partial charge is 0.478 e. The fourth-order valence-electron chi connectivity index (χ4n) is 4.31. The van der Waals surface area contributed by atoms with Crippen LogP contribution in [0.4, 0.5) is 16.2 Å². The summed E-state index contributed by atoms with van der Waals surface area (Å²) in [5, 5.41) is 16.6. The van der Waals surface area contributed by atoms with Crippen molar-refractivity contribution >= 4 is 34.1 Å². The Balaban J connectivity index is 1.33. The minimum absolute atomic E-state index is 0.158. The van der Waals surface area contributed by atoms with Crippen LogP contribution in [0.5, 0.6) is 0 Å². The van der Waals surface area contributed by atoms with Crippen molar-refractivity contribution in [2.24, 2.45) is 0 Å². The number of carboxylic acid groups (broad SMARTS) is 1. The number of hydrogen-bond acceptors (Lipinski definition) is 5. The maximum Gasteiger partial charge on any atom is 0.335 e. The zero-order chi connectivity index (χ0) is 24.9. The lowest BCUT2D eigenvalue weighted by atomic mass is 9.98. The number of carbonyl (C=O) groups is 2. The third-order valence-corrected chi connectivity index (χ3v) is 6.19. The number of pyridine rings is 1. The van der Waals surface area contributed by atoms with Crippen molar-refractivity contribution in [3.05, 3.63) is 90.3 Å². The molecule has 36 heavy (non-hydrogen) atoms. The van der Waals surface area contributed by atoms with Gasteiger partial charge in [-0.15, -0.1) is 0 Å². The number of urea groups is 1. The number of ether oxygens (including phenoxy) is 1. The lowest BCUT2D eigenvalue weighted by Crippen LogP contribution is -2.35. The van der Waals surface area contributed by atoms with Crippen molar-refractivity contribution in [2.75, 3.05) is 36.9 Å². The fraction of sp³-hybridized carbons (Fsp3) is 0.179. The molecule has 0 radical (unpaired) electrons. The molecule has 182 valence electrons. The van der Waals surface area contributed by atoms with E-state index in [0.717, 1.165) is 60.4 Å². The predicted octanol–water partition coefficient (Wildman–Crippen LogP) is 5.08.